The lowest BCUT2D eigenvalue weighted by Crippen LogP contribution is -2.10. The molecule has 5 nitrogen and oxygen atoms in total. The molecule has 0 spiro atoms. The number of ether oxygens (including phenoxy) is 1. The molecule has 0 bridgehead atoms. The Morgan fingerprint density at radius 2 is 2.31 bits per heavy atom. The molecule has 16 heavy (non-hydrogen) atoms. The summed E-state index contributed by atoms with van der Waals surface area (Å²) in [7, 11) is 0. The summed E-state index contributed by atoms with van der Waals surface area (Å²) in [5.74, 6) is 1.18. The summed E-state index contributed by atoms with van der Waals surface area (Å²) in [5, 5.41) is 12.8. The normalized spacial score (nSPS) is 25.4. The molecule has 2 unspecified atom stereocenters. The average Bonchev–Trinajstić information content (AvgIpc) is 2.83. The van der Waals surface area contributed by atoms with Crippen molar-refractivity contribution in [2.45, 2.75) is 19.4 Å². The standard InChI is InChI=1S/C10H11ClN4O/c1-6-4-5-16-9(6)10-13-12-8-3-2-7(11)14-15(8)10/h2-3,6,9H,4-5H2,1H3. The minimum Gasteiger partial charge on any atom is -0.370 e. The first-order valence-corrected chi connectivity index (χ1v) is 5.63. The SMILES string of the molecule is CC1CCOC1c1nnc2ccc(Cl)nn12. The van der Waals surface area contributed by atoms with Crippen molar-refractivity contribution in [3.8, 4) is 0 Å². The molecule has 0 aliphatic carbocycles. The molecule has 0 N–H and O–H groups in total. The van der Waals surface area contributed by atoms with E-state index >= 15 is 0 Å². The van der Waals surface area contributed by atoms with Crippen molar-refractivity contribution in [1.82, 2.24) is 19.8 Å². The van der Waals surface area contributed by atoms with E-state index in [4.69, 9.17) is 16.3 Å². The van der Waals surface area contributed by atoms with Crippen LogP contribution in [0, 0.1) is 5.92 Å². The highest BCUT2D eigenvalue weighted by molar-refractivity contribution is 6.29. The van der Waals surface area contributed by atoms with Crippen molar-refractivity contribution < 1.29 is 4.74 Å². The van der Waals surface area contributed by atoms with Crippen LogP contribution in [0.25, 0.3) is 5.65 Å². The smallest absolute Gasteiger partial charge is 0.183 e. The van der Waals surface area contributed by atoms with Gasteiger partial charge in [-0.1, -0.05) is 18.5 Å². The quantitative estimate of drug-likeness (QED) is 0.761. The number of halogens is 1. The van der Waals surface area contributed by atoms with Crippen LogP contribution < -0.4 is 0 Å². The summed E-state index contributed by atoms with van der Waals surface area (Å²) in [6.07, 6.45) is 1.01. The summed E-state index contributed by atoms with van der Waals surface area (Å²) in [6.45, 7) is 2.91. The second kappa shape index (κ2) is 3.68. The molecule has 0 radical (unpaired) electrons. The Hall–Kier alpha value is -1.20. The van der Waals surface area contributed by atoms with Crippen LogP contribution in [-0.2, 0) is 4.74 Å². The molecule has 2 aromatic heterocycles. The van der Waals surface area contributed by atoms with Gasteiger partial charge in [0.2, 0.25) is 0 Å². The third kappa shape index (κ3) is 1.47. The molecule has 0 amide bonds. The van der Waals surface area contributed by atoms with E-state index < -0.39 is 0 Å². The fourth-order valence-electron chi connectivity index (χ4n) is 1.99. The highest BCUT2D eigenvalue weighted by Gasteiger charge is 2.30. The Bertz CT molecular complexity index is 527. The molecule has 1 saturated heterocycles. The third-order valence-corrected chi connectivity index (χ3v) is 3.10. The number of fused-ring (bicyclic) bond motifs is 1. The van der Waals surface area contributed by atoms with Crippen molar-refractivity contribution in [3.63, 3.8) is 0 Å². The van der Waals surface area contributed by atoms with Crippen molar-refractivity contribution in [2.75, 3.05) is 6.61 Å². The van der Waals surface area contributed by atoms with Crippen molar-refractivity contribution in [1.29, 1.82) is 0 Å². The van der Waals surface area contributed by atoms with Gasteiger partial charge in [-0.05, 0) is 24.5 Å². The maximum atomic E-state index is 5.86. The maximum absolute atomic E-state index is 5.86. The zero-order chi connectivity index (χ0) is 11.1. The summed E-state index contributed by atoms with van der Waals surface area (Å²) in [5.41, 5.74) is 0.696. The van der Waals surface area contributed by atoms with E-state index in [1.807, 2.05) is 0 Å². The van der Waals surface area contributed by atoms with Crippen LogP contribution in [-0.4, -0.2) is 26.4 Å². The van der Waals surface area contributed by atoms with Gasteiger partial charge in [0.15, 0.2) is 11.5 Å². The fourth-order valence-corrected chi connectivity index (χ4v) is 2.12. The Labute approximate surface area is 97.4 Å². The van der Waals surface area contributed by atoms with Crippen molar-refractivity contribution >= 4 is 17.2 Å². The largest absolute Gasteiger partial charge is 0.370 e. The molecule has 3 rings (SSSR count). The van der Waals surface area contributed by atoms with E-state index in [0.717, 1.165) is 18.9 Å². The van der Waals surface area contributed by atoms with E-state index in [0.29, 0.717) is 16.7 Å². The maximum Gasteiger partial charge on any atom is 0.183 e. The number of hydrogen-bond donors (Lipinski definition) is 0. The predicted octanol–water partition coefficient (Wildman–Crippen LogP) is 1.88. The van der Waals surface area contributed by atoms with E-state index in [-0.39, 0.29) is 6.10 Å². The summed E-state index contributed by atoms with van der Waals surface area (Å²) in [4.78, 5) is 0. The zero-order valence-electron chi connectivity index (χ0n) is 8.80. The molecule has 1 fully saturated rings. The topological polar surface area (TPSA) is 52.3 Å². The minimum atomic E-state index is -0.0269. The molecule has 1 aliphatic heterocycles. The Morgan fingerprint density at radius 3 is 3.06 bits per heavy atom. The Morgan fingerprint density at radius 1 is 1.44 bits per heavy atom. The minimum absolute atomic E-state index is 0.0269. The van der Waals surface area contributed by atoms with E-state index in [1.54, 1.807) is 16.6 Å². The van der Waals surface area contributed by atoms with Crippen LogP contribution in [0.4, 0.5) is 0 Å². The van der Waals surface area contributed by atoms with Gasteiger partial charge in [0.05, 0.1) is 0 Å². The molecule has 2 atom stereocenters. The molecule has 3 heterocycles. The van der Waals surface area contributed by atoms with Gasteiger partial charge >= 0.3 is 0 Å². The van der Waals surface area contributed by atoms with Gasteiger partial charge in [-0.3, -0.25) is 0 Å². The summed E-state index contributed by atoms with van der Waals surface area (Å²) in [6, 6.07) is 3.50. The second-order valence-electron chi connectivity index (χ2n) is 4.04. The first-order chi connectivity index (χ1) is 7.75. The first-order valence-electron chi connectivity index (χ1n) is 5.25. The second-order valence-corrected chi connectivity index (χ2v) is 4.43. The van der Waals surface area contributed by atoms with E-state index in [2.05, 4.69) is 22.2 Å². The van der Waals surface area contributed by atoms with Crippen LogP contribution in [0.1, 0.15) is 25.3 Å². The lowest BCUT2D eigenvalue weighted by atomic mass is 10.0. The lowest BCUT2D eigenvalue weighted by molar-refractivity contribution is 0.0856. The molecule has 6 heteroatoms. The van der Waals surface area contributed by atoms with Gasteiger partial charge in [0.25, 0.3) is 0 Å². The summed E-state index contributed by atoms with van der Waals surface area (Å²) < 4.78 is 7.31. The zero-order valence-corrected chi connectivity index (χ0v) is 9.55. The molecular weight excluding hydrogens is 228 g/mol. The van der Waals surface area contributed by atoms with Crippen LogP contribution in [0.2, 0.25) is 5.15 Å². The van der Waals surface area contributed by atoms with Gasteiger partial charge in [-0.25, -0.2) is 0 Å². The number of rotatable bonds is 1. The van der Waals surface area contributed by atoms with Crippen LogP contribution in [0.15, 0.2) is 12.1 Å². The van der Waals surface area contributed by atoms with Crippen LogP contribution >= 0.6 is 11.6 Å². The number of nitrogens with zero attached hydrogens (tertiary/aromatic N) is 4. The lowest BCUT2D eigenvalue weighted by Gasteiger charge is -2.11. The Balaban J connectivity index is 2.12. The van der Waals surface area contributed by atoms with Gasteiger partial charge in [0.1, 0.15) is 11.3 Å². The molecule has 84 valence electrons. The number of aromatic nitrogens is 4. The average molecular weight is 239 g/mol. The monoisotopic (exact) mass is 238 g/mol. The van der Waals surface area contributed by atoms with Crippen molar-refractivity contribution in [3.05, 3.63) is 23.1 Å². The Kier molecular flexibility index (Phi) is 2.29. The fraction of sp³-hybridized carbons (Fsp3) is 0.500. The highest BCUT2D eigenvalue weighted by atomic mass is 35.5. The molecule has 0 saturated carbocycles. The molecular formula is C10H11ClN4O. The predicted molar refractivity (Wildman–Crippen MR) is 58.3 cm³/mol. The van der Waals surface area contributed by atoms with Crippen LogP contribution in [0.3, 0.4) is 0 Å². The highest BCUT2D eigenvalue weighted by Crippen LogP contribution is 2.32. The molecule has 0 aromatic carbocycles. The summed E-state index contributed by atoms with van der Waals surface area (Å²) >= 11 is 5.86. The molecule has 2 aromatic rings. The van der Waals surface area contributed by atoms with Gasteiger partial charge in [-0.2, -0.15) is 9.61 Å². The van der Waals surface area contributed by atoms with Gasteiger partial charge in [0, 0.05) is 6.61 Å². The van der Waals surface area contributed by atoms with E-state index in [1.165, 1.54) is 0 Å². The van der Waals surface area contributed by atoms with Crippen molar-refractivity contribution in [2.24, 2.45) is 5.92 Å². The molecule has 1 aliphatic rings. The third-order valence-electron chi connectivity index (χ3n) is 2.90. The van der Waals surface area contributed by atoms with Crippen LogP contribution in [0.5, 0.6) is 0 Å². The van der Waals surface area contributed by atoms with E-state index in [9.17, 15) is 0 Å². The van der Waals surface area contributed by atoms with Gasteiger partial charge < -0.3 is 4.74 Å². The van der Waals surface area contributed by atoms with Gasteiger partial charge in [-0.15, -0.1) is 10.2 Å². The number of hydrogen-bond acceptors (Lipinski definition) is 4. The first kappa shape index (κ1) is 9.99.